The van der Waals surface area contributed by atoms with Crippen molar-refractivity contribution in [3.8, 4) is 0 Å². The van der Waals surface area contributed by atoms with E-state index in [1.54, 1.807) is 0 Å². The molecule has 1 rings (SSSR count). The van der Waals surface area contributed by atoms with Crippen LogP contribution in [0.25, 0.3) is 0 Å². The molecule has 1 fully saturated rings. The number of carbonyl (C=O) groups is 1. The van der Waals surface area contributed by atoms with Gasteiger partial charge >= 0.3 is 5.97 Å². The molecule has 0 aromatic rings. The molecule has 1 saturated carbocycles. The van der Waals surface area contributed by atoms with Gasteiger partial charge in [-0.15, -0.1) is 0 Å². The fraction of sp³-hybridized carbons (Fsp3) is 0.923. The van der Waals surface area contributed by atoms with Gasteiger partial charge in [-0.25, -0.2) is 0 Å². The molecule has 3 atom stereocenters. The zero-order valence-electron chi connectivity index (χ0n) is 11.0. The number of hydrogen-bond donors (Lipinski definition) is 1. The van der Waals surface area contributed by atoms with Crippen LogP contribution in [0, 0.1) is 11.8 Å². The molecular weight excluding hydrogens is 202 g/mol. The largest absolute Gasteiger partial charge is 0.468 e. The highest BCUT2D eigenvalue weighted by Gasteiger charge is 2.47. The molecule has 0 heterocycles. The van der Waals surface area contributed by atoms with Crippen molar-refractivity contribution in [1.82, 2.24) is 5.32 Å². The molecule has 0 aliphatic heterocycles. The van der Waals surface area contributed by atoms with Gasteiger partial charge in [0.25, 0.3) is 0 Å². The minimum absolute atomic E-state index is 0.0833. The number of rotatable bonds is 4. The predicted octanol–water partition coefficient (Wildman–Crippen LogP) is 2.35. The Morgan fingerprint density at radius 3 is 2.69 bits per heavy atom. The second kappa shape index (κ2) is 5.67. The van der Waals surface area contributed by atoms with E-state index in [0.29, 0.717) is 11.8 Å². The van der Waals surface area contributed by atoms with Crippen molar-refractivity contribution in [2.24, 2.45) is 11.8 Å². The van der Waals surface area contributed by atoms with Crippen LogP contribution in [-0.2, 0) is 9.53 Å². The lowest BCUT2D eigenvalue weighted by atomic mass is 9.69. The van der Waals surface area contributed by atoms with Gasteiger partial charge in [0.1, 0.15) is 5.54 Å². The summed E-state index contributed by atoms with van der Waals surface area (Å²) in [5.41, 5.74) is -0.442. The minimum Gasteiger partial charge on any atom is -0.468 e. The molecule has 0 aromatic heterocycles. The zero-order chi connectivity index (χ0) is 12.2. The molecule has 3 unspecified atom stereocenters. The lowest BCUT2D eigenvalue weighted by Crippen LogP contribution is -2.60. The number of esters is 1. The van der Waals surface area contributed by atoms with E-state index in [9.17, 15) is 4.79 Å². The Labute approximate surface area is 98.9 Å². The van der Waals surface area contributed by atoms with Gasteiger partial charge < -0.3 is 10.1 Å². The highest BCUT2D eigenvalue weighted by molar-refractivity contribution is 5.81. The second-order valence-electron chi connectivity index (χ2n) is 5.18. The molecule has 0 spiro atoms. The average molecular weight is 227 g/mol. The maximum absolute atomic E-state index is 12.1. The Morgan fingerprint density at radius 2 is 2.12 bits per heavy atom. The van der Waals surface area contributed by atoms with Crippen LogP contribution in [0.4, 0.5) is 0 Å². The van der Waals surface area contributed by atoms with Gasteiger partial charge in [-0.3, -0.25) is 4.79 Å². The fourth-order valence-corrected chi connectivity index (χ4v) is 2.77. The van der Waals surface area contributed by atoms with Crippen molar-refractivity contribution in [2.75, 3.05) is 13.7 Å². The van der Waals surface area contributed by atoms with Gasteiger partial charge in [0, 0.05) is 0 Å². The third-order valence-electron chi connectivity index (χ3n) is 3.84. The molecule has 0 radical (unpaired) electrons. The number of nitrogens with one attached hydrogen (secondary N) is 1. The van der Waals surface area contributed by atoms with Crippen molar-refractivity contribution in [1.29, 1.82) is 0 Å². The first-order valence-electron chi connectivity index (χ1n) is 6.40. The zero-order valence-corrected chi connectivity index (χ0v) is 11.0. The number of methoxy groups -OCH3 is 1. The Hall–Kier alpha value is -0.570. The first-order valence-corrected chi connectivity index (χ1v) is 6.40. The summed E-state index contributed by atoms with van der Waals surface area (Å²) in [6.07, 6.45) is 4.27. The highest BCUT2D eigenvalue weighted by atomic mass is 16.5. The standard InChI is InChI=1S/C13H25NO2/c1-5-8-14-13(12(15)16-4)9-10(2)6-7-11(13)3/h10-11,14H,5-9H2,1-4H3. The van der Waals surface area contributed by atoms with Crippen molar-refractivity contribution in [3.63, 3.8) is 0 Å². The van der Waals surface area contributed by atoms with Crippen LogP contribution < -0.4 is 5.32 Å². The van der Waals surface area contributed by atoms with Crippen LogP contribution in [0.5, 0.6) is 0 Å². The van der Waals surface area contributed by atoms with E-state index >= 15 is 0 Å². The Kier molecular flexibility index (Phi) is 4.78. The molecule has 0 saturated heterocycles. The first kappa shape index (κ1) is 13.5. The van der Waals surface area contributed by atoms with Crippen LogP contribution in [-0.4, -0.2) is 25.2 Å². The SMILES string of the molecule is CCCNC1(C(=O)OC)CC(C)CCC1C. The summed E-state index contributed by atoms with van der Waals surface area (Å²) in [4.78, 5) is 12.1. The maximum Gasteiger partial charge on any atom is 0.326 e. The van der Waals surface area contributed by atoms with Crippen LogP contribution >= 0.6 is 0 Å². The summed E-state index contributed by atoms with van der Waals surface area (Å²) in [6.45, 7) is 7.38. The van der Waals surface area contributed by atoms with E-state index in [4.69, 9.17) is 4.74 Å². The van der Waals surface area contributed by atoms with Gasteiger partial charge in [-0.05, 0) is 37.6 Å². The van der Waals surface area contributed by atoms with Crippen molar-refractivity contribution < 1.29 is 9.53 Å². The van der Waals surface area contributed by atoms with Crippen LogP contribution in [0.15, 0.2) is 0 Å². The summed E-state index contributed by atoms with van der Waals surface area (Å²) in [5, 5.41) is 3.44. The second-order valence-corrected chi connectivity index (χ2v) is 5.18. The highest BCUT2D eigenvalue weighted by Crippen LogP contribution is 2.37. The molecule has 1 aliphatic rings. The Balaban J connectivity index is 2.86. The summed E-state index contributed by atoms with van der Waals surface area (Å²) in [7, 11) is 1.49. The Bertz CT molecular complexity index is 242. The quantitative estimate of drug-likeness (QED) is 0.749. The van der Waals surface area contributed by atoms with E-state index in [0.717, 1.165) is 25.8 Å². The lowest BCUT2D eigenvalue weighted by Gasteiger charge is -2.43. The third kappa shape index (κ3) is 2.57. The molecular formula is C13H25NO2. The lowest BCUT2D eigenvalue weighted by molar-refractivity contribution is -0.153. The number of carbonyl (C=O) groups excluding carboxylic acids is 1. The van der Waals surface area contributed by atoms with E-state index in [1.807, 2.05) is 0 Å². The van der Waals surface area contributed by atoms with Crippen molar-refractivity contribution in [3.05, 3.63) is 0 Å². The van der Waals surface area contributed by atoms with E-state index in [1.165, 1.54) is 13.5 Å². The summed E-state index contributed by atoms with van der Waals surface area (Å²) >= 11 is 0. The molecule has 94 valence electrons. The topological polar surface area (TPSA) is 38.3 Å². The van der Waals surface area contributed by atoms with Gasteiger partial charge in [0.2, 0.25) is 0 Å². The van der Waals surface area contributed by atoms with Crippen LogP contribution in [0.1, 0.15) is 46.5 Å². The minimum atomic E-state index is -0.442. The van der Waals surface area contributed by atoms with E-state index in [2.05, 4.69) is 26.1 Å². The molecule has 0 aromatic carbocycles. The van der Waals surface area contributed by atoms with Gasteiger partial charge in [0.15, 0.2) is 0 Å². The third-order valence-corrected chi connectivity index (χ3v) is 3.84. The van der Waals surface area contributed by atoms with Gasteiger partial charge in [-0.2, -0.15) is 0 Å². The summed E-state index contributed by atoms with van der Waals surface area (Å²) in [6, 6.07) is 0. The normalized spacial score (nSPS) is 34.8. The molecule has 0 amide bonds. The van der Waals surface area contributed by atoms with Gasteiger partial charge in [0.05, 0.1) is 7.11 Å². The van der Waals surface area contributed by atoms with Crippen LogP contribution in [0.2, 0.25) is 0 Å². The van der Waals surface area contributed by atoms with Crippen molar-refractivity contribution >= 4 is 5.97 Å². The first-order chi connectivity index (χ1) is 7.56. The predicted molar refractivity (Wildman–Crippen MR) is 65.2 cm³/mol. The molecule has 3 nitrogen and oxygen atoms in total. The van der Waals surface area contributed by atoms with E-state index < -0.39 is 5.54 Å². The number of hydrogen-bond acceptors (Lipinski definition) is 3. The molecule has 16 heavy (non-hydrogen) atoms. The van der Waals surface area contributed by atoms with Crippen molar-refractivity contribution in [2.45, 2.75) is 52.0 Å². The molecule has 1 N–H and O–H groups in total. The van der Waals surface area contributed by atoms with Crippen LogP contribution in [0.3, 0.4) is 0 Å². The fourth-order valence-electron chi connectivity index (χ4n) is 2.77. The summed E-state index contributed by atoms with van der Waals surface area (Å²) < 4.78 is 5.01. The van der Waals surface area contributed by atoms with Gasteiger partial charge in [-0.1, -0.05) is 27.2 Å². The molecule has 1 aliphatic carbocycles. The van der Waals surface area contributed by atoms with E-state index in [-0.39, 0.29) is 5.97 Å². The summed E-state index contributed by atoms with van der Waals surface area (Å²) in [5.74, 6) is 0.877. The monoisotopic (exact) mass is 227 g/mol. The number of ether oxygens (including phenoxy) is 1. The molecule has 0 bridgehead atoms. The maximum atomic E-state index is 12.1. The smallest absolute Gasteiger partial charge is 0.326 e. The Morgan fingerprint density at radius 1 is 1.44 bits per heavy atom. The molecule has 3 heteroatoms. The average Bonchev–Trinajstić information content (AvgIpc) is 2.29.